The fourth-order valence-corrected chi connectivity index (χ4v) is 1.96. The summed E-state index contributed by atoms with van der Waals surface area (Å²) in [6.07, 6.45) is -0.410. The maximum absolute atomic E-state index is 9.40. The van der Waals surface area contributed by atoms with E-state index in [1.165, 1.54) is 0 Å². The van der Waals surface area contributed by atoms with Crippen LogP contribution in [0.1, 0.15) is 25.5 Å². The van der Waals surface area contributed by atoms with E-state index in [2.05, 4.69) is 27.8 Å². The van der Waals surface area contributed by atoms with Crippen LogP contribution in [-0.2, 0) is 0 Å². The Morgan fingerprint density at radius 1 is 1.50 bits per heavy atom. The second-order valence-electron chi connectivity index (χ2n) is 3.40. The number of rotatable bonds is 3. The first-order chi connectivity index (χ1) is 6.56. The lowest BCUT2D eigenvalue weighted by Gasteiger charge is -2.19. The molecule has 2 nitrogen and oxygen atoms in total. The Morgan fingerprint density at radius 2 is 2.14 bits per heavy atom. The summed E-state index contributed by atoms with van der Waals surface area (Å²) in [4.78, 5) is 2.15. The van der Waals surface area contributed by atoms with Crippen LogP contribution in [0.25, 0.3) is 0 Å². The molecule has 0 bridgehead atoms. The summed E-state index contributed by atoms with van der Waals surface area (Å²) in [6.45, 7) is 4.84. The van der Waals surface area contributed by atoms with Gasteiger partial charge in [0.15, 0.2) is 0 Å². The van der Waals surface area contributed by atoms with Crippen molar-refractivity contribution in [3.05, 3.63) is 28.2 Å². The van der Waals surface area contributed by atoms with Crippen LogP contribution in [0.4, 0.5) is 5.69 Å². The summed E-state index contributed by atoms with van der Waals surface area (Å²) in [6, 6.07) is 5.94. The molecule has 0 aliphatic heterocycles. The number of aliphatic hydroxyl groups excluding tert-OH is 1. The molecule has 1 N–H and O–H groups in total. The van der Waals surface area contributed by atoms with Crippen molar-refractivity contribution in [1.29, 1.82) is 0 Å². The van der Waals surface area contributed by atoms with Crippen LogP contribution < -0.4 is 4.90 Å². The maximum atomic E-state index is 9.40. The van der Waals surface area contributed by atoms with Crippen molar-refractivity contribution in [1.82, 2.24) is 0 Å². The first kappa shape index (κ1) is 11.5. The highest BCUT2D eigenvalue weighted by atomic mass is 79.9. The lowest BCUT2D eigenvalue weighted by molar-refractivity contribution is 0.199. The molecule has 0 aliphatic rings. The van der Waals surface area contributed by atoms with Crippen molar-refractivity contribution in [2.75, 3.05) is 18.5 Å². The van der Waals surface area contributed by atoms with Gasteiger partial charge in [-0.3, -0.25) is 0 Å². The van der Waals surface area contributed by atoms with Gasteiger partial charge in [0.2, 0.25) is 0 Å². The minimum Gasteiger partial charge on any atom is -0.389 e. The molecule has 0 aromatic heterocycles. The van der Waals surface area contributed by atoms with E-state index in [1.807, 2.05) is 25.2 Å². The zero-order chi connectivity index (χ0) is 10.7. The quantitative estimate of drug-likeness (QED) is 0.901. The van der Waals surface area contributed by atoms with E-state index in [4.69, 9.17) is 0 Å². The van der Waals surface area contributed by atoms with Crippen molar-refractivity contribution in [3.8, 4) is 0 Å². The molecular formula is C11H16BrNO. The third-order valence-electron chi connectivity index (χ3n) is 2.34. The summed E-state index contributed by atoms with van der Waals surface area (Å²) in [5.41, 5.74) is 2.09. The number of hydrogen-bond acceptors (Lipinski definition) is 2. The number of aliphatic hydroxyl groups is 1. The molecule has 0 heterocycles. The third kappa shape index (κ3) is 2.49. The molecule has 1 aromatic carbocycles. The molecule has 1 atom stereocenters. The van der Waals surface area contributed by atoms with Gasteiger partial charge in [-0.05, 0) is 47.5 Å². The Kier molecular flexibility index (Phi) is 3.96. The lowest BCUT2D eigenvalue weighted by Crippen LogP contribution is -2.16. The highest BCUT2D eigenvalue weighted by Crippen LogP contribution is 2.28. The molecule has 0 saturated carbocycles. The van der Waals surface area contributed by atoms with E-state index < -0.39 is 6.10 Å². The third-order valence-corrected chi connectivity index (χ3v) is 2.97. The minimum atomic E-state index is -0.410. The average molecular weight is 258 g/mol. The Bertz CT molecular complexity index is 312. The van der Waals surface area contributed by atoms with Gasteiger partial charge < -0.3 is 10.0 Å². The summed E-state index contributed by atoms with van der Waals surface area (Å²) in [7, 11) is 2.04. The van der Waals surface area contributed by atoms with Crippen molar-refractivity contribution in [3.63, 3.8) is 0 Å². The fourth-order valence-electron chi connectivity index (χ4n) is 1.26. The number of nitrogens with zero attached hydrogens (tertiary/aromatic N) is 1. The van der Waals surface area contributed by atoms with Crippen LogP contribution >= 0.6 is 15.9 Å². The highest BCUT2D eigenvalue weighted by Gasteiger charge is 2.07. The first-order valence-electron chi connectivity index (χ1n) is 4.75. The molecule has 0 fully saturated rings. The summed E-state index contributed by atoms with van der Waals surface area (Å²) < 4.78 is 1.03. The molecule has 0 radical (unpaired) electrons. The van der Waals surface area contributed by atoms with E-state index in [-0.39, 0.29) is 0 Å². The van der Waals surface area contributed by atoms with Gasteiger partial charge in [0, 0.05) is 18.1 Å². The van der Waals surface area contributed by atoms with Gasteiger partial charge in [0.05, 0.1) is 11.8 Å². The van der Waals surface area contributed by atoms with Crippen molar-refractivity contribution in [2.45, 2.75) is 20.0 Å². The molecule has 0 aliphatic carbocycles. The van der Waals surface area contributed by atoms with Crippen LogP contribution in [0.5, 0.6) is 0 Å². The second-order valence-corrected chi connectivity index (χ2v) is 4.26. The number of halogens is 1. The van der Waals surface area contributed by atoms with Gasteiger partial charge in [-0.15, -0.1) is 0 Å². The zero-order valence-corrected chi connectivity index (χ0v) is 10.4. The van der Waals surface area contributed by atoms with E-state index in [1.54, 1.807) is 6.92 Å². The first-order valence-corrected chi connectivity index (χ1v) is 5.54. The number of anilines is 1. The summed E-state index contributed by atoms with van der Waals surface area (Å²) in [5, 5.41) is 9.40. The maximum Gasteiger partial charge on any atom is 0.0762 e. The van der Waals surface area contributed by atoms with Gasteiger partial charge in [0.1, 0.15) is 0 Å². The van der Waals surface area contributed by atoms with Crippen LogP contribution in [0.3, 0.4) is 0 Å². The normalized spacial score (nSPS) is 12.6. The van der Waals surface area contributed by atoms with Crippen molar-refractivity contribution in [2.24, 2.45) is 0 Å². The van der Waals surface area contributed by atoms with Crippen LogP contribution in [0.2, 0.25) is 0 Å². The van der Waals surface area contributed by atoms with Gasteiger partial charge in [-0.25, -0.2) is 0 Å². The molecule has 0 amide bonds. The van der Waals surface area contributed by atoms with Crippen LogP contribution in [0, 0.1) is 0 Å². The molecule has 1 aromatic rings. The average Bonchev–Trinajstić information content (AvgIpc) is 2.16. The van der Waals surface area contributed by atoms with Crippen molar-refractivity contribution >= 4 is 21.6 Å². The number of benzene rings is 1. The van der Waals surface area contributed by atoms with Gasteiger partial charge in [0.25, 0.3) is 0 Å². The lowest BCUT2D eigenvalue weighted by atomic mass is 10.1. The monoisotopic (exact) mass is 257 g/mol. The van der Waals surface area contributed by atoms with Crippen molar-refractivity contribution < 1.29 is 5.11 Å². The summed E-state index contributed by atoms with van der Waals surface area (Å²) in [5.74, 6) is 0. The molecule has 0 saturated heterocycles. The standard InChI is InChI=1S/C11H16BrNO/c1-4-13(3)11-6-5-9(8(2)14)7-10(11)12/h5-8,14H,4H2,1-3H3/t8-/m0/s1. The number of hydrogen-bond donors (Lipinski definition) is 1. The predicted octanol–water partition coefficient (Wildman–Crippen LogP) is 2.96. The Balaban J connectivity index is 3.01. The van der Waals surface area contributed by atoms with Crippen LogP contribution in [0.15, 0.2) is 22.7 Å². The Labute approximate surface area is 93.7 Å². The molecule has 0 spiro atoms. The molecular weight excluding hydrogens is 242 g/mol. The second kappa shape index (κ2) is 4.80. The SMILES string of the molecule is CCN(C)c1ccc([C@H](C)O)cc1Br. The van der Waals surface area contributed by atoms with Gasteiger partial charge in [-0.1, -0.05) is 6.07 Å². The van der Waals surface area contributed by atoms with Gasteiger partial charge >= 0.3 is 0 Å². The molecule has 3 heteroatoms. The Morgan fingerprint density at radius 3 is 2.57 bits per heavy atom. The minimum absolute atomic E-state index is 0.410. The topological polar surface area (TPSA) is 23.5 Å². The van der Waals surface area contributed by atoms with E-state index in [0.717, 1.165) is 22.3 Å². The predicted molar refractivity (Wildman–Crippen MR) is 63.7 cm³/mol. The van der Waals surface area contributed by atoms with Gasteiger partial charge in [-0.2, -0.15) is 0 Å². The molecule has 14 heavy (non-hydrogen) atoms. The van der Waals surface area contributed by atoms with E-state index >= 15 is 0 Å². The van der Waals surface area contributed by atoms with Crippen LogP contribution in [-0.4, -0.2) is 18.7 Å². The summed E-state index contributed by atoms with van der Waals surface area (Å²) >= 11 is 3.50. The van der Waals surface area contributed by atoms with E-state index in [9.17, 15) is 5.11 Å². The largest absolute Gasteiger partial charge is 0.389 e. The smallest absolute Gasteiger partial charge is 0.0762 e. The zero-order valence-electron chi connectivity index (χ0n) is 8.79. The molecule has 1 rings (SSSR count). The highest BCUT2D eigenvalue weighted by molar-refractivity contribution is 9.10. The molecule has 0 unspecified atom stereocenters. The Hall–Kier alpha value is -0.540. The fraction of sp³-hybridized carbons (Fsp3) is 0.455. The van der Waals surface area contributed by atoms with E-state index in [0.29, 0.717) is 0 Å². The molecule has 78 valence electrons.